The van der Waals surface area contributed by atoms with E-state index in [4.69, 9.17) is 4.74 Å². The molecule has 39 heavy (non-hydrogen) atoms. The van der Waals surface area contributed by atoms with Gasteiger partial charge in [-0.3, -0.25) is 13.9 Å². The number of hydrogen-bond acceptors (Lipinski definition) is 5. The molecule has 3 rings (SSSR count). The van der Waals surface area contributed by atoms with E-state index in [-0.39, 0.29) is 17.3 Å². The van der Waals surface area contributed by atoms with Gasteiger partial charge >= 0.3 is 0 Å². The Bertz CT molecular complexity index is 1360. The van der Waals surface area contributed by atoms with Gasteiger partial charge in [-0.25, -0.2) is 8.42 Å². The Morgan fingerprint density at radius 3 is 2.13 bits per heavy atom. The highest BCUT2D eigenvalue weighted by Crippen LogP contribution is 2.27. The Hall–Kier alpha value is -3.37. The van der Waals surface area contributed by atoms with Crippen LogP contribution in [-0.2, 0) is 26.2 Å². The van der Waals surface area contributed by atoms with E-state index in [1.807, 2.05) is 38.1 Å². The lowest BCUT2D eigenvalue weighted by molar-refractivity contribution is -0.139. The highest BCUT2D eigenvalue weighted by Gasteiger charge is 2.32. The van der Waals surface area contributed by atoms with Crippen molar-refractivity contribution in [3.8, 4) is 5.75 Å². The van der Waals surface area contributed by atoms with Crippen LogP contribution in [0.5, 0.6) is 5.75 Å². The van der Waals surface area contributed by atoms with Crippen molar-refractivity contribution < 1.29 is 22.7 Å². The van der Waals surface area contributed by atoms with Crippen LogP contribution < -0.4 is 14.4 Å². The summed E-state index contributed by atoms with van der Waals surface area (Å²) in [6, 6.07) is 19.6. The van der Waals surface area contributed by atoms with Gasteiger partial charge in [0.25, 0.3) is 10.0 Å². The third-order valence-corrected chi connectivity index (χ3v) is 8.42. The van der Waals surface area contributed by atoms with Crippen molar-refractivity contribution in [1.82, 2.24) is 10.2 Å². The molecule has 0 saturated heterocycles. The first-order valence-corrected chi connectivity index (χ1v) is 14.9. The predicted molar refractivity (Wildman–Crippen MR) is 156 cm³/mol. The fourth-order valence-corrected chi connectivity index (χ4v) is 5.61. The first-order chi connectivity index (χ1) is 18.6. The van der Waals surface area contributed by atoms with Crippen LogP contribution in [0.25, 0.3) is 0 Å². The Balaban J connectivity index is 2.02. The van der Waals surface area contributed by atoms with Crippen LogP contribution in [-0.4, -0.2) is 50.9 Å². The van der Waals surface area contributed by atoms with Gasteiger partial charge in [0.15, 0.2) is 0 Å². The summed E-state index contributed by atoms with van der Waals surface area (Å²) in [5, 5.41) is 2.76. The van der Waals surface area contributed by atoms with Crippen molar-refractivity contribution in [1.29, 1.82) is 0 Å². The van der Waals surface area contributed by atoms with Gasteiger partial charge in [0.05, 0.1) is 17.2 Å². The van der Waals surface area contributed by atoms with Crippen LogP contribution in [0.15, 0.2) is 82.2 Å². The maximum absolute atomic E-state index is 13.9. The van der Waals surface area contributed by atoms with Gasteiger partial charge in [0, 0.05) is 17.6 Å². The van der Waals surface area contributed by atoms with Crippen LogP contribution in [0.4, 0.5) is 5.69 Å². The number of anilines is 1. The number of rotatable bonds is 12. The smallest absolute Gasteiger partial charge is 0.264 e. The topological polar surface area (TPSA) is 96.0 Å². The summed E-state index contributed by atoms with van der Waals surface area (Å²) < 4.78 is 35.0. The molecule has 1 N–H and O–H groups in total. The highest BCUT2D eigenvalue weighted by atomic mass is 79.9. The van der Waals surface area contributed by atoms with Crippen LogP contribution in [0.2, 0.25) is 0 Å². The van der Waals surface area contributed by atoms with Crippen LogP contribution in [0.3, 0.4) is 0 Å². The number of aryl methyl sites for hydroxylation is 1. The van der Waals surface area contributed by atoms with Gasteiger partial charge in [-0.15, -0.1) is 0 Å². The molecule has 0 unspecified atom stereocenters. The number of carbonyl (C=O) groups is 2. The molecule has 10 heteroatoms. The number of nitrogens with zero attached hydrogens (tertiary/aromatic N) is 2. The summed E-state index contributed by atoms with van der Waals surface area (Å²) >= 11 is 3.33. The fraction of sp³-hybridized carbons (Fsp3) is 0.310. The summed E-state index contributed by atoms with van der Waals surface area (Å²) in [5.41, 5.74) is 2.19. The zero-order valence-electron chi connectivity index (χ0n) is 22.6. The van der Waals surface area contributed by atoms with Crippen LogP contribution in [0, 0.1) is 6.92 Å². The monoisotopic (exact) mass is 615 g/mol. The minimum absolute atomic E-state index is 0.0363. The van der Waals surface area contributed by atoms with E-state index in [0.717, 1.165) is 19.9 Å². The molecule has 0 aromatic heterocycles. The lowest BCUT2D eigenvalue weighted by Gasteiger charge is -2.32. The van der Waals surface area contributed by atoms with E-state index in [1.54, 1.807) is 50.2 Å². The van der Waals surface area contributed by atoms with Gasteiger partial charge in [-0.2, -0.15) is 0 Å². The molecule has 0 bridgehead atoms. The van der Waals surface area contributed by atoms with E-state index >= 15 is 0 Å². The first-order valence-electron chi connectivity index (χ1n) is 12.7. The predicted octanol–water partition coefficient (Wildman–Crippen LogP) is 4.90. The molecule has 0 aliphatic heterocycles. The van der Waals surface area contributed by atoms with E-state index in [9.17, 15) is 18.0 Å². The summed E-state index contributed by atoms with van der Waals surface area (Å²) in [6.07, 6.45) is 0. The number of carbonyl (C=O) groups excluding carboxylic acids is 2. The van der Waals surface area contributed by atoms with Gasteiger partial charge in [0.1, 0.15) is 18.3 Å². The number of benzene rings is 3. The fourth-order valence-electron chi connectivity index (χ4n) is 3.93. The maximum Gasteiger partial charge on any atom is 0.264 e. The molecule has 0 heterocycles. The van der Waals surface area contributed by atoms with Crippen LogP contribution >= 0.6 is 15.9 Å². The molecule has 0 aliphatic rings. The molecule has 2 amide bonds. The standard InChI is InChI=1S/C29H34BrN3O5S/c1-5-31-29(35)22(4)32(19-23-9-7-21(3)8-10-23)28(34)20-33(25-13-15-26(16-14-25)38-6-2)39(36,37)27-17-11-24(30)12-18-27/h7-18,22H,5-6,19-20H2,1-4H3,(H,31,35)/t22-/m0/s1. The number of hydrogen-bond donors (Lipinski definition) is 1. The molecule has 208 valence electrons. The van der Waals surface area contributed by atoms with E-state index < -0.39 is 28.5 Å². The van der Waals surface area contributed by atoms with Gasteiger partial charge in [0.2, 0.25) is 11.8 Å². The summed E-state index contributed by atoms with van der Waals surface area (Å²) in [5.74, 6) is -0.246. The molecule has 0 radical (unpaired) electrons. The van der Waals surface area contributed by atoms with Gasteiger partial charge < -0.3 is 15.0 Å². The van der Waals surface area contributed by atoms with Crippen molar-refractivity contribution in [3.63, 3.8) is 0 Å². The Labute approximate surface area is 239 Å². The minimum atomic E-state index is -4.14. The second-order valence-electron chi connectivity index (χ2n) is 8.97. The van der Waals surface area contributed by atoms with E-state index in [1.165, 1.54) is 17.0 Å². The molecule has 3 aromatic rings. The molecular weight excluding hydrogens is 582 g/mol. The van der Waals surface area contributed by atoms with E-state index in [2.05, 4.69) is 21.2 Å². The molecule has 8 nitrogen and oxygen atoms in total. The summed E-state index contributed by atoms with van der Waals surface area (Å²) in [4.78, 5) is 28.1. The van der Waals surface area contributed by atoms with Gasteiger partial charge in [-0.05, 0) is 81.8 Å². The first kappa shape index (κ1) is 30.2. The third-order valence-electron chi connectivity index (χ3n) is 6.11. The number of nitrogens with one attached hydrogen (secondary N) is 1. The third kappa shape index (κ3) is 7.83. The van der Waals surface area contributed by atoms with Crippen molar-refractivity contribution in [2.24, 2.45) is 0 Å². The second kappa shape index (κ2) is 13.6. The normalized spacial score (nSPS) is 11.9. The second-order valence-corrected chi connectivity index (χ2v) is 11.7. The maximum atomic E-state index is 13.9. The lowest BCUT2D eigenvalue weighted by atomic mass is 10.1. The van der Waals surface area contributed by atoms with Gasteiger partial charge in [-0.1, -0.05) is 45.8 Å². The Kier molecular flexibility index (Phi) is 10.5. The van der Waals surface area contributed by atoms with Crippen molar-refractivity contribution in [2.75, 3.05) is 24.0 Å². The van der Waals surface area contributed by atoms with Crippen molar-refractivity contribution in [3.05, 3.63) is 88.4 Å². The number of halogens is 1. The molecule has 3 aromatic carbocycles. The zero-order valence-corrected chi connectivity index (χ0v) is 25.0. The Morgan fingerprint density at radius 2 is 1.56 bits per heavy atom. The van der Waals surface area contributed by atoms with E-state index in [0.29, 0.717) is 24.6 Å². The number of amides is 2. The Morgan fingerprint density at radius 1 is 0.949 bits per heavy atom. The number of ether oxygens (including phenoxy) is 1. The number of likely N-dealkylation sites (N-methyl/N-ethyl adjacent to an activating group) is 1. The number of sulfonamides is 1. The summed E-state index contributed by atoms with van der Waals surface area (Å²) in [7, 11) is -4.14. The average Bonchev–Trinajstić information content (AvgIpc) is 2.92. The molecule has 0 aliphatic carbocycles. The summed E-state index contributed by atoms with van der Waals surface area (Å²) in [6.45, 7) is 7.78. The quantitative estimate of drug-likeness (QED) is 0.312. The largest absolute Gasteiger partial charge is 0.494 e. The lowest BCUT2D eigenvalue weighted by Crippen LogP contribution is -2.51. The average molecular weight is 617 g/mol. The SMILES string of the molecule is CCNC(=O)[C@H](C)N(Cc1ccc(C)cc1)C(=O)CN(c1ccc(OCC)cc1)S(=O)(=O)c1ccc(Br)cc1. The van der Waals surface area contributed by atoms with Crippen molar-refractivity contribution in [2.45, 2.75) is 45.2 Å². The van der Waals surface area contributed by atoms with Crippen molar-refractivity contribution >= 4 is 43.5 Å². The molecule has 0 spiro atoms. The molecule has 0 fully saturated rings. The molecule has 0 saturated carbocycles. The molecule has 1 atom stereocenters. The molecular formula is C29H34BrN3O5S. The zero-order chi connectivity index (χ0) is 28.6. The van der Waals surface area contributed by atoms with Crippen LogP contribution in [0.1, 0.15) is 31.9 Å². The minimum Gasteiger partial charge on any atom is -0.494 e. The highest BCUT2D eigenvalue weighted by molar-refractivity contribution is 9.10.